The van der Waals surface area contributed by atoms with Gasteiger partial charge >= 0.3 is 6.03 Å². The summed E-state index contributed by atoms with van der Waals surface area (Å²) in [7, 11) is 0. The van der Waals surface area contributed by atoms with Gasteiger partial charge in [-0.25, -0.2) is 4.79 Å². The van der Waals surface area contributed by atoms with Crippen LogP contribution in [-0.4, -0.2) is 30.1 Å². The van der Waals surface area contributed by atoms with E-state index in [0.29, 0.717) is 11.3 Å². The average Bonchev–Trinajstić information content (AvgIpc) is 2.49. The van der Waals surface area contributed by atoms with E-state index in [1.54, 1.807) is 24.3 Å². The number of nitrogens with two attached hydrogens (primary N) is 1. The van der Waals surface area contributed by atoms with E-state index in [1.807, 2.05) is 13.8 Å². The summed E-state index contributed by atoms with van der Waals surface area (Å²) in [5.74, 6) is -0.0800. The minimum absolute atomic E-state index is 0.0728. The Hall–Kier alpha value is -2.08. The highest BCUT2D eigenvalue weighted by Gasteiger charge is 2.20. The van der Waals surface area contributed by atoms with Gasteiger partial charge in [0.15, 0.2) is 0 Å². The van der Waals surface area contributed by atoms with Gasteiger partial charge < -0.3 is 21.7 Å². The van der Waals surface area contributed by atoms with Gasteiger partial charge in [-0.2, -0.15) is 0 Å². The van der Waals surface area contributed by atoms with E-state index in [9.17, 15) is 9.59 Å². The molecule has 0 spiro atoms. The summed E-state index contributed by atoms with van der Waals surface area (Å²) in [6.45, 7) is 3.79. The van der Waals surface area contributed by atoms with Crippen molar-refractivity contribution < 1.29 is 9.59 Å². The van der Waals surface area contributed by atoms with Crippen LogP contribution in [0.4, 0.5) is 10.5 Å². The molecule has 0 aliphatic heterocycles. The van der Waals surface area contributed by atoms with Gasteiger partial charge in [0, 0.05) is 29.4 Å². The standard InChI is InChI=1S/C17H26N4O2/c1-11(2)19-17(23)21-15-7-3-12(4-8-15)16(22)20-14-9-5-13(18)6-10-14/h3-4,7-8,11,13-14H,5-6,9-10,18H2,1-2H3,(H,20,22)(H2,19,21,23). The van der Waals surface area contributed by atoms with Crippen molar-refractivity contribution in [2.75, 3.05) is 5.32 Å². The first-order chi connectivity index (χ1) is 10.9. The Morgan fingerprint density at radius 1 is 1.09 bits per heavy atom. The van der Waals surface area contributed by atoms with Crippen LogP contribution in [0.25, 0.3) is 0 Å². The van der Waals surface area contributed by atoms with Crippen molar-refractivity contribution in [2.24, 2.45) is 5.73 Å². The molecule has 1 aliphatic carbocycles. The minimum atomic E-state index is -0.254. The molecule has 1 saturated carbocycles. The molecule has 1 aromatic carbocycles. The van der Waals surface area contributed by atoms with Gasteiger partial charge in [-0.1, -0.05) is 0 Å². The Bertz CT molecular complexity index is 534. The Kier molecular flexibility index (Phi) is 5.98. The number of carbonyl (C=O) groups excluding carboxylic acids is 2. The van der Waals surface area contributed by atoms with Crippen molar-refractivity contribution in [3.05, 3.63) is 29.8 Å². The molecule has 1 fully saturated rings. The number of nitrogens with one attached hydrogen (secondary N) is 3. The number of hydrogen-bond donors (Lipinski definition) is 4. The smallest absolute Gasteiger partial charge is 0.319 e. The molecule has 0 aromatic heterocycles. The van der Waals surface area contributed by atoms with E-state index < -0.39 is 0 Å². The van der Waals surface area contributed by atoms with E-state index >= 15 is 0 Å². The van der Waals surface area contributed by atoms with Crippen molar-refractivity contribution in [1.29, 1.82) is 0 Å². The summed E-state index contributed by atoms with van der Waals surface area (Å²) >= 11 is 0. The second-order valence-corrected chi connectivity index (χ2v) is 6.42. The third kappa shape index (κ3) is 5.56. The molecule has 6 heteroatoms. The maximum Gasteiger partial charge on any atom is 0.319 e. The highest BCUT2D eigenvalue weighted by Crippen LogP contribution is 2.18. The Morgan fingerprint density at radius 3 is 2.26 bits per heavy atom. The largest absolute Gasteiger partial charge is 0.349 e. The van der Waals surface area contributed by atoms with Crippen LogP contribution in [0, 0.1) is 0 Å². The molecule has 3 amide bonds. The zero-order valence-electron chi connectivity index (χ0n) is 13.8. The highest BCUT2D eigenvalue weighted by molar-refractivity contribution is 5.95. The van der Waals surface area contributed by atoms with E-state index in [-0.39, 0.29) is 30.1 Å². The summed E-state index contributed by atoms with van der Waals surface area (Å²) in [6, 6.07) is 7.18. The maximum absolute atomic E-state index is 12.2. The molecule has 1 aliphatic rings. The molecule has 23 heavy (non-hydrogen) atoms. The van der Waals surface area contributed by atoms with Crippen LogP contribution >= 0.6 is 0 Å². The molecular weight excluding hydrogens is 292 g/mol. The monoisotopic (exact) mass is 318 g/mol. The van der Waals surface area contributed by atoms with Gasteiger partial charge in [0.05, 0.1) is 0 Å². The zero-order valence-corrected chi connectivity index (χ0v) is 13.8. The number of carbonyl (C=O) groups is 2. The van der Waals surface area contributed by atoms with Gasteiger partial charge in [-0.05, 0) is 63.8 Å². The minimum Gasteiger partial charge on any atom is -0.349 e. The van der Waals surface area contributed by atoms with Crippen LogP contribution in [0.2, 0.25) is 0 Å². The van der Waals surface area contributed by atoms with Crippen molar-refractivity contribution in [1.82, 2.24) is 10.6 Å². The van der Waals surface area contributed by atoms with Crippen molar-refractivity contribution >= 4 is 17.6 Å². The maximum atomic E-state index is 12.2. The molecule has 0 bridgehead atoms. The molecule has 0 radical (unpaired) electrons. The normalized spacial score (nSPS) is 20.9. The molecule has 0 heterocycles. The topological polar surface area (TPSA) is 96.2 Å². The molecule has 0 atom stereocenters. The summed E-state index contributed by atoms with van der Waals surface area (Å²) in [5.41, 5.74) is 7.12. The molecule has 1 aromatic rings. The fourth-order valence-electron chi connectivity index (χ4n) is 2.67. The van der Waals surface area contributed by atoms with Crippen molar-refractivity contribution in [2.45, 2.75) is 57.7 Å². The Morgan fingerprint density at radius 2 is 1.70 bits per heavy atom. The molecule has 0 unspecified atom stereocenters. The van der Waals surface area contributed by atoms with Gasteiger partial charge in [0.2, 0.25) is 0 Å². The first-order valence-corrected chi connectivity index (χ1v) is 8.18. The number of urea groups is 1. The van der Waals surface area contributed by atoms with Crippen molar-refractivity contribution in [3.63, 3.8) is 0 Å². The van der Waals surface area contributed by atoms with Crippen LogP contribution in [-0.2, 0) is 0 Å². The number of amides is 3. The van der Waals surface area contributed by atoms with E-state index in [4.69, 9.17) is 5.73 Å². The van der Waals surface area contributed by atoms with Gasteiger partial charge in [0.1, 0.15) is 0 Å². The van der Waals surface area contributed by atoms with Gasteiger partial charge in [0.25, 0.3) is 5.91 Å². The van der Waals surface area contributed by atoms with Gasteiger partial charge in [-0.3, -0.25) is 4.79 Å². The quantitative estimate of drug-likeness (QED) is 0.685. The highest BCUT2D eigenvalue weighted by atomic mass is 16.2. The predicted octanol–water partition coefficient (Wildman–Crippen LogP) is 2.22. The second kappa shape index (κ2) is 7.97. The zero-order chi connectivity index (χ0) is 16.8. The summed E-state index contributed by atoms with van der Waals surface area (Å²) in [6.07, 6.45) is 3.78. The van der Waals surface area contributed by atoms with Crippen LogP contribution < -0.4 is 21.7 Å². The average molecular weight is 318 g/mol. The molecule has 6 nitrogen and oxygen atoms in total. The molecule has 0 saturated heterocycles. The van der Waals surface area contributed by atoms with E-state index in [0.717, 1.165) is 25.7 Å². The van der Waals surface area contributed by atoms with E-state index in [2.05, 4.69) is 16.0 Å². The van der Waals surface area contributed by atoms with Crippen LogP contribution in [0.1, 0.15) is 49.9 Å². The Balaban J connectivity index is 1.86. The predicted molar refractivity (Wildman–Crippen MR) is 91.4 cm³/mol. The third-order valence-electron chi connectivity index (χ3n) is 3.93. The number of benzene rings is 1. The van der Waals surface area contributed by atoms with Crippen LogP contribution in [0.15, 0.2) is 24.3 Å². The Labute approximate surface area is 137 Å². The molecule has 126 valence electrons. The third-order valence-corrected chi connectivity index (χ3v) is 3.93. The van der Waals surface area contributed by atoms with Crippen molar-refractivity contribution in [3.8, 4) is 0 Å². The number of anilines is 1. The fraction of sp³-hybridized carbons (Fsp3) is 0.529. The number of rotatable bonds is 4. The van der Waals surface area contributed by atoms with Gasteiger partial charge in [-0.15, -0.1) is 0 Å². The summed E-state index contributed by atoms with van der Waals surface area (Å²) in [5, 5.41) is 8.52. The lowest BCUT2D eigenvalue weighted by molar-refractivity contribution is 0.0926. The van der Waals surface area contributed by atoms with E-state index in [1.165, 1.54) is 0 Å². The lowest BCUT2D eigenvalue weighted by Crippen LogP contribution is -2.40. The van der Waals surface area contributed by atoms with Crippen LogP contribution in [0.5, 0.6) is 0 Å². The molecule has 5 N–H and O–H groups in total. The second-order valence-electron chi connectivity index (χ2n) is 6.42. The molecular formula is C17H26N4O2. The SMILES string of the molecule is CC(C)NC(=O)Nc1ccc(C(=O)NC2CCC(N)CC2)cc1. The molecule has 2 rings (SSSR count). The first-order valence-electron chi connectivity index (χ1n) is 8.18. The summed E-state index contributed by atoms with van der Waals surface area (Å²) in [4.78, 5) is 23.9. The first kappa shape index (κ1) is 17.3. The lowest BCUT2D eigenvalue weighted by atomic mass is 9.91. The summed E-state index contributed by atoms with van der Waals surface area (Å²) < 4.78 is 0. The number of hydrogen-bond acceptors (Lipinski definition) is 3. The van der Waals surface area contributed by atoms with Crippen LogP contribution in [0.3, 0.4) is 0 Å². The fourth-order valence-corrected chi connectivity index (χ4v) is 2.67. The lowest BCUT2D eigenvalue weighted by Gasteiger charge is -2.26.